The molecule has 0 spiro atoms. The van der Waals surface area contributed by atoms with E-state index < -0.39 is 57.0 Å². The molecule has 206 valence electrons. The van der Waals surface area contributed by atoms with Crippen molar-refractivity contribution in [3.63, 3.8) is 0 Å². The fourth-order valence-electron chi connectivity index (χ4n) is 4.46. The minimum absolute atomic E-state index is 0. The Morgan fingerprint density at radius 3 is 2.34 bits per heavy atom. The van der Waals surface area contributed by atoms with Crippen LogP contribution in [0.1, 0.15) is 23.7 Å². The molecule has 2 aromatic carbocycles. The topological polar surface area (TPSA) is 94.3 Å². The first-order valence-corrected chi connectivity index (χ1v) is 12.7. The minimum atomic E-state index is -1.72. The molecule has 3 N–H and O–H groups in total. The number of carbonyl (C=O) groups excluding carboxylic acids is 1. The number of carbonyl (C=O) groups is 1. The number of piperidine rings is 1. The lowest BCUT2D eigenvalue weighted by molar-refractivity contribution is 0.102. The monoisotopic (exact) mass is 592 g/mol. The molecular formula is C25H26Cl2F4N4O2S. The predicted molar refractivity (Wildman–Crippen MR) is 145 cm³/mol. The van der Waals surface area contributed by atoms with Gasteiger partial charge in [0, 0.05) is 37.5 Å². The molecule has 1 fully saturated rings. The first-order valence-electron chi connectivity index (χ1n) is 11.1. The summed E-state index contributed by atoms with van der Waals surface area (Å²) in [4.78, 5) is 18.9. The van der Waals surface area contributed by atoms with E-state index in [0.717, 1.165) is 30.7 Å². The molecule has 0 radical (unpaired) electrons. The predicted octanol–water partition coefficient (Wildman–Crippen LogP) is 5.31. The third kappa shape index (κ3) is 6.52. The maximum Gasteiger partial charge on any atom is 0.258 e. The number of hydrogen-bond donors (Lipinski definition) is 2. The molecule has 38 heavy (non-hydrogen) atoms. The van der Waals surface area contributed by atoms with Gasteiger partial charge in [-0.2, -0.15) is 0 Å². The molecule has 1 unspecified atom stereocenters. The highest BCUT2D eigenvalue weighted by Crippen LogP contribution is 2.35. The Kier molecular flexibility index (Phi) is 10.8. The lowest BCUT2D eigenvalue weighted by atomic mass is 9.96. The van der Waals surface area contributed by atoms with Gasteiger partial charge in [0.1, 0.15) is 29.5 Å². The molecule has 1 saturated heterocycles. The van der Waals surface area contributed by atoms with Crippen LogP contribution < -0.4 is 16.0 Å². The zero-order valence-corrected chi connectivity index (χ0v) is 22.8. The molecule has 1 aromatic heterocycles. The van der Waals surface area contributed by atoms with Gasteiger partial charge in [-0.15, -0.1) is 24.8 Å². The van der Waals surface area contributed by atoms with Gasteiger partial charge in [0.15, 0.2) is 4.90 Å². The quantitative estimate of drug-likeness (QED) is 0.309. The molecule has 0 aliphatic carbocycles. The zero-order valence-electron chi connectivity index (χ0n) is 20.3. The van der Waals surface area contributed by atoms with Crippen molar-refractivity contribution in [2.45, 2.75) is 24.3 Å². The maximum absolute atomic E-state index is 15.4. The van der Waals surface area contributed by atoms with Gasteiger partial charge in [0.05, 0.1) is 34.3 Å². The Labute approximate surface area is 233 Å². The number of rotatable bonds is 5. The van der Waals surface area contributed by atoms with Crippen LogP contribution in [0, 0.1) is 29.2 Å². The summed E-state index contributed by atoms with van der Waals surface area (Å²) < 4.78 is 71.0. The van der Waals surface area contributed by atoms with Gasteiger partial charge >= 0.3 is 0 Å². The smallest absolute Gasteiger partial charge is 0.258 e. The van der Waals surface area contributed by atoms with Crippen LogP contribution in [0.15, 0.2) is 47.6 Å². The molecule has 3 atom stereocenters. The minimum Gasteiger partial charge on any atom is -0.612 e. The number of nitrogens with two attached hydrogens (primary N) is 1. The molecule has 0 saturated carbocycles. The van der Waals surface area contributed by atoms with E-state index in [1.807, 2.05) is 4.90 Å². The van der Waals surface area contributed by atoms with E-state index in [4.69, 9.17) is 5.73 Å². The van der Waals surface area contributed by atoms with E-state index in [9.17, 15) is 22.5 Å². The van der Waals surface area contributed by atoms with Gasteiger partial charge in [0.2, 0.25) is 0 Å². The number of benzene rings is 2. The van der Waals surface area contributed by atoms with E-state index in [2.05, 4.69) is 17.2 Å². The standard InChI is InChI=1S/C25H24F4N4O2S.2ClH/c1-13-7-14(30)12-33(11-13)21-5-6-31-10-20(21)32-25(34)16-3-4-17(26)23(24(16)29)22-18(27)8-15(36(2)35)9-19(22)28;;/h3-6,8-10,13-14H,7,11-12,30H2,1-2H3,(H,32,34);2*1H/t13-,14+,36?;;/m1../s1. The van der Waals surface area contributed by atoms with Crippen molar-refractivity contribution in [3.05, 3.63) is 71.6 Å². The lowest BCUT2D eigenvalue weighted by Gasteiger charge is -2.37. The molecule has 4 rings (SSSR count). The summed E-state index contributed by atoms with van der Waals surface area (Å²) in [5.41, 5.74) is 4.40. The summed E-state index contributed by atoms with van der Waals surface area (Å²) in [5.74, 6) is -5.95. The zero-order chi connectivity index (χ0) is 26.1. The third-order valence-corrected chi connectivity index (χ3v) is 6.91. The number of hydrogen-bond acceptors (Lipinski definition) is 5. The van der Waals surface area contributed by atoms with Crippen molar-refractivity contribution in [2.24, 2.45) is 11.7 Å². The number of amides is 1. The average Bonchev–Trinajstić information content (AvgIpc) is 2.80. The number of halogens is 6. The molecule has 2 heterocycles. The molecule has 1 aliphatic heterocycles. The molecule has 6 nitrogen and oxygen atoms in total. The van der Waals surface area contributed by atoms with Crippen LogP contribution in [0.3, 0.4) is 0 Å². The van der Waals surface area contributed by atoms with Crippen molar-refractivity contribution < 1.29 is 26.9 Å². The largest absolute Gasteiger partial charge is 0.612 e. The highest BCUT2D eigenvalue weighted by Gasteiger charge is 2.28. The third-order valence-electron chi connectivity index (χ3n) is 6.01. The first-order chi connectivity index (χ1) is 17.1. The van der Waals surface area contributed by atoms with Crippen molar-refractivity contribution in [1.82, 2.24) is 4.98 Å². The van der Waals surface area contributed by atoms with Gasteiger partial charge in [-0.1, -0.05) is 6.92 Å². The van der Waals surface area contributed by atoms with Crippen LogP contribution in [0.4, 0.5) is 28.9 Å². The molecule has 1 aliphatic rings. The summed E-state index contributed by atoms with van der Waals surface area (Å²) >= 11 is -1.72. The molecule has 3 aromatic rings. The Morgan fingerprint density at radius 1 is 1.08 bits per heavy atom. The van der Waals surface area contributed by atoms with Crippen LogP contribution in [0.5, 0.6) is 0 Å². The van der Waals surface area contributed by atoms with Crippen LogP contribution in [0.2, 0.25) is 0 Å². The fraction of sp³-hybridized carbons (Fsp3) is 0.280. The summed E-state index contributed by atoms with van der Waals surface area (Å²) in [6, 6.07) is 4.76. The van der Waals surface area contributed by atoms with Gasteiger partial charge in [0.25, 0.3) is 5.91 Å². The van der Waals surface area contributed by atoms with E-state index in [1.54, 1.807) is 12.3 Å². The Hall–Kier alpha value is -2.57. The highest BCUT2D eigenvalue weighted by molar-refractivity contribution is 7.90. The van der Waals surface area contributed by atoms with Crippen molar-refractivity contribution in [3.8, 4) is 11.1 Å². The van der Waals surface area contributed by atoms with E-state index >= 15 is 4.39 Å². The maximum atomic E-state index is 15.4. The number of nitrogens with zero attached hydrogens (tertiary/aromatic N) is 2. The number of pyridine rings is 1. The van der Waals surface area contributed by atoms with E-state index in [1.165, 1.54) is 12.5 Å². The van der Waals surface area contributed by atoms with Gasteiger partial charge in [-0.25, -0.2) is 17.6 Å². The molecular weight excluding hydrogens is 567 g/mol. The van der Waals surface area contributed by atoms with Crippen molar-refractivity contribution in [1.29, 1.82) is 0 Å². The van der Waals surface area contributed by atoms with Crippen LogP contribution >= 0.6 is 24.8 Å². The second-order valence-electron chi connectivity index (χ2n) is 8.85. The Balaban J connectivity index is 0.00000253. The average molecular weight is 593 g/mol. The van der Waals surface area contributed by atoms with Gasteiger partial charge in [-0.05, 0) is 41.7 Å². The van der Waals surface area contributed by atoms with Crippen LogP contribution in [-0.4, -0.2) is 40.8 Å². The van der Waals surface area contributed by atoms with E-state index in [-0.39, 0.29) is 41.4 Å². The lowest BCUT2D eigenvalue weighted by Crippen LogP contribution is -2.46. The summed E-state index contributed by atoms with van der Waals surface area (Å²) in [7, 11) is 0. The Morgan fingerprint density at radius 2 is 1.74 bits per heavy atom. The first kappa shape index (κ1) is 31.6. The number of aromatic nitrogens is 1. The SMILES string of the molecule is C[C@@H]1C[C@H](N)CN(c2ccncc2NC(=O)c2ccc(F)c(-c3c(F)cc([S+](C)[O-])cc3F)c2F)C1.Cl.Cl. The Bertz CT molecular complexity index is 1290. The summed E-state index contributed by atoms with van der Waals surface area (Å²) in [6.07, 6.45) is 5.01. The van der Waals surface area contributed by atoms with Crippen LogP contribution in [-0.2, 0) is 11.2 Å². The van der Waals surface area contributed by atoms with Crippen LogP contribution in [0.25, 0.3) is 11.1 Å². The van der Waals surface area contributed by atoms with Gasteiger partial charge < -0.3 is 20.5 Å². The second kappa shape index (κ2) is 13.0. The molecule has 13 heteroatoms. The van der Waals surface area contributed by atoms with Gasteiger partial charge in [-0.3, -0.25) is 9.78 Å². The number of anilines is 2. The van der Waals surface area contributed by atoms with Crippen molar-refractivity contribution in [2.75, 3.05) is 29.6 Å². The van der Waals surface area contributed by atoms with E-state index in [0.29, 0.717) is 24.7 Å². The fourth-order valence-corrected chi connectivity index (χ4v) is 5.00. The normalized spacial score (nSPS) is 17.7. The number of nitrogens with one attached hydrogen (secondary N) is 1. The van der Waals surface area contributed by atoms with Crippen molar-refractivity contribution >= 4 is 53.3 Å². The second-order valence-corrected chi connectivity index (χ2v) is 10.2. The highest BCUT2D eigenvalue weighted by atomic mass is 35.5. The molecule has 1 amide bonds. The summed E-state index contributed by atoms with van der Waals surface area (Å²) in [6.45, 7) is 3.29. The molecule has 0 bridgehead atoms. The summed E-state index contributed by atoms with van der Waals surface area (Å²) in [5, 5.41) is 2.57.